The molecule has 0 spiro atoms. The Morgan fingerprint density at radius 2 is 1.17 bits per heavy atom. The summed E-state index contributed by atoms with van der Waals surface area (Å²) < 4.78 is 77.1. The summed E-state index contributed by atoms with van der Waals surface area (Å²) in [5, 5.41) is 7.85. The highest BCUT2D eigenvalue weighted by atomic mass is 35.5. The smallest absolute Gasteiger partial charge is 0.399 e. The second-order valence-corrected chi connectivity index (χ2v) is 14.3. The van der Waals surface area contributed by atoms with Gasteiger partial charge in [0.15, 0.2) is 5.75 Å². The van der Waals surface area contributed by atoms with Crippen LogP contribution < -0.4 is 9.65 Å². The van der Waals surface area contributed by atoms with Gasteiger partial charge in [-0.3, -0.25) is 0 Å². The minimum Gasteiger partial charge on any atom is -0.399 e. The maximum absolute atomic E-state index is 12.6. The van der Waals surface area contributed by atoms with Crippen LogP contribution in [0.5, 0.6) is 5.75 Å². The number of halogens is 5. The third-order valence-electron chi connectivity index (χ3n) is 8.78. The highest BCUT2D eigenvalue weighted by Crippen LogP contribution is 2.58. The van der Waals surface area contributed by atoms with Crippen LogP contribution in [0, 0.1) is 0 Å². The molecule has 8 rings (SSSR count). The summed E-state index contributed by atoms with van der Waals surface area (Å²) in [7, 11) is -6.07. The molecule has 1 saturated heterocycles. The summed E-state index contributed by atoms with van der Waals surface area (Å²) in [6, 6.07) is 29.1. The standard InChI is InChI=1S/C19H16BClO2.C15H8ClF3O3S/c1-18-11-19(18,2)23-20(22-18)17-10-12-9-13(21)7-8-14(12)15-5-3-4-6-16(15)17;16-10-5-6-11-9(7-10)8-14(13-4-2-1-3-12(11)13)22-23(20,21)15(17,18)19/h3-10H,11H2,1-2H3;1-8H. The van der Waals surface area contributed by atoms with Crippen LogP contribution in [0.1, 0.15) is 20.3 Å². The maximum atomic E-state index is 12.6. The normalized spacial score (nSPS) is 21.0. The molecule has 2 fully saturated rings. The van der Waals surface area contributed by atoms with Crippen LogP contribution in [0.4, 0.5) is 13.2 Å². The lowest BCUT2D eigenvalue weighted by Crippen LogP contribution is -2.36. The fourth-order valence-corrected chi connectivity index (χ4v) is 6.98. The summed E-state index contributed by atoms with van der Waals surface area (Å²) >= 11 is 12.1. The van der Waals surface area contributed by atoms with Crippen molar-refractivity contribution in [3.05, 3.63) is 107 Å². The van der Waals surface area contributed by atoms with Crippen molar-refractivity contribution in [3.63, 3.8) is 0 Å². The molecule has 1 saturated carbocycles. The van der Waals surface area contributed by atoms with Crippen LogP contribution in [-0.2, 0) is 19.4 Å². The molecule has 2 atom stereocenters. The van der Waals surface area contributed by atoms with Gasteiger partial charge in [0.25, 0.3) is 0 Å². The molecule has 12 heteroatoms. The molecule has 6 aromatic carbocycles. The summed E-state index contributed by atoms with van der Waals surface area (Å²) in [5.41, 5.74) is -4.72. The number of alkyl halides is 3. The molecule has 5 nitrogen and oxygen atoms in total. The van der Waals surface area contributed by atoms with Crippen LogP contribution in [0.25, 0.3) is 43.1 Å². The largest absolute Gasteiger partial charge is 0.534 e. The summed E-state index contributed by atoms with van der Waals surface area (Å²) in [4.78, 5) is 0. The lowest BCUT2D eigenvalue weighted by molar-refractivity contribution is -0.0499. The van der Waals surface area contributed by atoms with Crippen LogP contribution >= 0.6 is 23.2 Å². The summed E-state index contributed by atoms with van der Waals surface area (Å²) in [5.74, 6) is -0.396. The van der Waals surface area contributed by atoms with E-state index in [0.29, 0.717) is 15.8 Å². The quantitative estimate of drug-likeness (QED) is 0.0806. The minimum absolute atomic E-state index is 0.151. The summed E-state index contributed by atoms with van der Waals surface area (Å²) in [6.07, 6.45) is 0.966. The van der Waals surface area contributed by atoms with Crippen LogP contribution in [0.3, 0.4) is 0 Å². The highest BCUT2D eigenvalue weighted by Gasteiger charge is 2.71. The fourth-order valence-electron chi connectivity index (χ4n) is 6.15. The Balaban J connectivity index is 0.000000147. The zero-order chi connectivity index (χ0) is 32.6. The molecule has 234 valence electrons. The number of rotatable bonds is 3. The molecule has 6 aromatic rings. The molecule has 46 heavy (non-hydrogen) atoms. The van der Waals surface area contributed by atoms with Crippen molar-refractivity contribution in [2.75, 3.05) is 0 Å². The van der Waals surface area contributed by atoms with Gasteiger partial charge in [0.2, 0.25) is 0 Å². The first-order valence-corrected chi connectivity index (χ1v) is 16.4. The number of hydrogen-bond donors (Lipinski definition) is 0. The predicted octanol–water partition coefficient (Wildman–Crippen LogP) is 9.18. The van der Waals surface area contributed by atoms with Gasteiger partial charge in [-0.05, 0) is 87.3 Å². The summed E-state index contributed by atoms with van der Waals surface area (Å²) in [6.45, 7) is 4.26. The number of fused-ring (bicyclic) bond motifs is 7. The molecule has 0 radical (unpaired) electrons. The van der Waals surface area contributed by atoms with Crippen molar-refractivity contribution in [1.82, 2.24) is 0 Å². The zero-order valence-electron chi connectivity index (χ0n) is 24.4. The fraction of sp³-hybridized carbons (Fsp3) is 0.176. The van der Waals surface area contributed by atoms with E-state index in [0.717, 1.165) is 27.7 Å². The van der Waals surface area contributed by atoms with E-state index in [1.54, 1.807) is 30.3 Å². The van der Waals surface area contributed by atoms with Crippen LogP contribution in [-0.4, -0.2) is 32.2 Å². The topological polar surface area (TPSA) is 61.8 Å². The maximum Gasteiger partial charge on any atom is 0.534 e. The van der Waals surface area contributed by atoms with Gasteiger partial charge in [0.1, 0.15) is 0 Å². The van der Waals surface area contributed by atoms with Crippen molar-refractivity contribution >= 4 is 89.0 Å². The van der Waals surface area contributed by atoms with Crippen LogP contribution in [0.2, 0.25) is 10.0 Å². The molecule has 0 N–H and O–H groups in total. The van der Waals surface area contributed by atoms with E-state index in [1.165, 1.54) is 34.4 Å². The van der Waals surface area contributed by atoms with E-state index in [2.05, 4.69) is 54.4 Å². The van der Waals surface area contributed by atoms with Crippen molar-refractivity contribution < 1.29 is 35.1 Å². The molecule has 1 aliphatic carbocycles. The Labute approximate surface area is 273 Å². The van der Waals surface area contributed by atoms with Gasteiger partial charge in [-0.1, -0.05) is 89.9 Å². The second kappa shape index (κ2) is 10.8. The lowest BCUT2D eigenvalue weighted by Gasteiger charge is -2.15. The van der Waals surface area contributed by atoms with Crippen molar-refractivity contribution in [3.8, 4) is 5.75 Å². The molecule has 0 amide bonds. The number of benzene rings is 6. The molecule has 0 bridgehead atoms. The monoisotopic (exact) mass is 682 g/mol. The van der Waals surface area contributed by atoms with E-state index < -0.39 is 21.4 Å². The van der Waals surface area contributed by atoms with E-state index in [4.69, 9.17) is 32.5 Å². The Morgan fingerprint density at radius 1 is 0.696 bits per heavy atom. The SMILES string of the molecule is CC12CC1(C)OB(c1cc3cc(Cl)ccc3c3ccccc13)O2.O=S(=O)(Oc1cc2cc(Cl)ccc2c2ccccc12)C(F)(F)F. The molecular weight excluding hydrogens is 659 g/mol. The van der Waals surface area contributed by atoms with E-state index in [-0.39, 0.29) is 23.7 Å². The third kappa shape index (κ3) is 5.26. The van der Waals surface area contributed by atoms with Gasteiger partial charge in [0.05, 0.1) is 11.2 Å². The first-order valence-electron chi connectivity index (χ1n) is 14.3. The highest BCUT2D eigenvalue weighted by molar-refractivity contribution is 7.88. The van der Waals surface area contributed by atoms with E-state index in [1.807, 2.05) is 12.1 Å². The molecule has 0 aromatic heterocycles. The molecule has 2 unspecified atom stereocenters. The van der Waals surface area contributed by atoms with E-state index >= 15 is 0 Å². The van der Waals surface area contributed by atoms with Gasteiger partial charge in [0, 0.05) is 21.9 Å². The second-order valence-electron chi connectivity index (χ2n) is 11.9. The van der Waals surface area contributed by atoms with Gasteiger partial charge in [-0.15, -0.1) is 0 Å². The number of hydrogen-bond acceptors (Lipinski definition) is 5. The lowest BCUT2D eigenvalue weighted by atomic mass is 9.74. The predicted molar refractivity (Wildman–Crippen MR) is 178 cm³/mol. The van der Waals surface area contributed by atoms with Crippen molar-refractivity contribution in [1.29, 1.82) is 0 Å². The van der Waals surface area contributed by atoms with Gasteiger partial charge in [-0.2, -0.15) is 21.6 Å². The molecule has 1 aliphatic heterocycles. The Bertz CT molecular complexity index is 2300. The Morgan fingerprint density at radius 3 is 1.72 bits per heavy atom. The molecular formula is C34H24BCl2F3O5S. The van der Waals surface area contributed by atoms with Crippen molar-refractivity contribution in [2.45, 2.75) is 37.0 Å². The van der Waals surface area contributed by atoms with E-state index in [9.17, 15) is 21.6 Å². The van der Waals surface area contributed by atoms with Gasteiger partial charge >= 0.3 is 22.7 Å². The minimum atomic E-state index is -5.75. The Kier molecular flexibility index (Phi) is 7.27. The third-order valence-corrected chi connectivity index (χ3v) is 10.2. The first-order chi connectivity index (χ1) is 21.7. The first kappa shape index (κ1) is 31.1. The average Bonchev–Trinajstić information content (AvgIpc) is 3.42. The molecule has 2 aliphatic rings. The van der Waals surface area contributed by atoms with Gasteiger partial charge in [-0.25, -0.2) is 0 Å². The average molecular weight is 683 g/mol. The zero-order valence-corrected chi connectivity index (χ0v) is 26.7. The van der Waals surface area contributed by atoms with Gasteiger partial charge < -0.3 is 13.5 Å². The Hall–Kier alpha value is -3.54. The van der Waals surface area contributed by atoms with Crippen molar-refractivity contribution in [2.24, 2.45) is 0 Å². The molecule has 1 heterocycles. The van der Waals surface area contributed by atoms with Crippen LogP contribution in [0.15, 0.2) is 97.1 Å².